The summed E-state index contributed by atoms with van der Waals surface area (Å²) in [5, 5.41) is 11.2. The molecule has 0 spiro atoms. The Labute approximate surface area is 138 Å². The normalized spacial score (nSPS) is 11.0. The van der Waals surface area contributed by atoms with Crippen molar-refractivity contribution in [3.8, 4) is 11.3 Å². The van der Waals surface area contributed by atoms with Gasteiger partial charge in [-0.2, -0.15) is 0 Å². The number of fused-ring (bicyclic) bond motifs is 1. The summed E-state index contributed by atoms with van der Waals surface area (Å²) >= 11 is 0. The number of aliphatic carboxylic acids is 1. The fraction of sp³-hybridized carbons (Fsp3) is 0.0556. The molecule has 1 aromatic carbocycles. The number of hydrogen-bond donors (Lipinski definition) is 2. The van der Waals surface area contributed by atoms with Crippen LogP contribution in [0.1, 0.15) is 5.56 Å². The molecule has 0 saturated carbocycles. The SMILES string of the molecule is Cc1ccn2cc(-c3cccc(NC(=O)C=CC(=O)O)c3)nc2c1. The standard InChI is InChI=1S/C18H15N3O3/c1-12-7-8-21-11-15(20-16(21)9-12)13-3-2-4-14(10-13)19-17(22)5-6-18(23)24/h2-11H,1H3,(H,19,22)(H,23,24). The topological polar surface area (TPSA) is 83.7 Å². The molecule has 0 unspecified atom stereocenters. The van der Waals surface area contributed by atoms with E-state index in [9.17, 15) is 9.59 Å². The number of pyridine rings is 1. The summed E-state index contributed by atoms with van der Waals surface area (Å²) in [6.07, 6.45) is 5.63. The van der Waals surface area contributed by atoms with Crippen LogP contribution >= 0.6 is 0 Å². The zero-order chi connectivity index (χ0) is 17.1. The van der Waals surface area contributed by atoms with Crippen LogP contribution in [0.4, 0.5) is 5.69 Å². The van der Waals surface area contributed by atoms with E-state index in [1.165, 1.54) is 0 Å². The van der Waals surface area contributed by atoms with Crippen LogP contribution in [0.3, 0.4) is 0 Å². The number of carbonyl (C=O) groups excluding carboxylic acids is 1. The predicted molar refractivity (Wildman–Crippen MR) is 90.8 cm³/mol. The van der Waals surface area contributed by atoms with E-state index in [0.717, 1.165) is 34.6 Å². The average Bonchev–Trinajstić information content (AvgIpc) is 2.96. The van der Waals surface area contributed by atoms with E-state index in [1.807, 2.05) is 41.9 Å². The highest BCUT2D eigenvalue weighted by Crippen LogP contribution is 2.22. The van der Waals surface area contributed by atoms with Crippen molar-refractivity contribution in [3.63, 3.8) is 0 Å². The third-order valence-corrected chi connectivity index (χ3v) is 3.42. The van der Waals surface area contributed by atoms with Crippen molar-refractivity contribution >= 4 is 23.2 Å². The zero-order valence-electron chi connectivity index (χ0n) is 12.9. The van der Waals surface area contributed by atoms with Crippen molar-refractivity contribution in [1.82, 2.24) is 9.38 Å². The van der Waals surface area contributed by atoms with E-state index in [2.05, 4.69) is 10.3 Å². The molecule has 0 aliphatic carbocycles. The highest BCUT2D eigenvalue weighted by molar-refractivity contribution is 6.02. The fourth-order valence-electron chi connectivity index (χ4n) is 2.31. The lowest BCUT2D eigenvalue weighted by Crippen LogP contribution is -2.08. The van der Waals surface area contributed by atoms with E-state index >= 15 is 0 Å². The minimum absolute atomic E-state index is 0.500. The van der Waals surface area contributed by atoms with Gasteiger partial charge in [0.2, 0.25) is 5.91 Å². The van der Waals surface area contributed by atoms with Crippen LogP contribution in [-0.2, 0) is 9.59 Å². The van der Waals surface area contributed by atoms with Crippen molar-refractivity contribution in [2.45, 2.75) is 6.92 Å². The maximum absolute atomic E-state index is 11.7. The highest BCUT2D eigenvalue weighted by Gasteiger charge is 2.06. The number of carboxylic acid groups (broad SMARTS) is 1. The fourth-order valence-corrected chi connectivity index (χ4v) is 2.31. The van der Waals surface area contributed by atoms with Crippen LogP contribution < -0.4 is 5.32 Å². The van der Waals surface area contributed by atoms with Crippen LogP contribution in [-0.4, -0.2) is 26.4 Å². The molecule has 0 saturated heterocycles. The monoisotopic (exact) mass is 321 g/mol. The van der Waals surface area contributed by atoms with Crippen molar-refractivity contribution < 1.29 is 14.7 Å². The number of carboxylic acids is 1. The van der Waals surface area contributed by atoms with E-state index in [1.54, 1.807) is 18.2 Å². The number of anilines is 1. The number of benzene rings is 1. The molecule has 2 heterocycles. The third-order valence-electron chi connectivity index (χ3n) is 3.42. The molecule has 0 atom stereocenters. The largest absolute Gasteiger partial charge is 0.478 e. The lowest BCUT2D eigenvalue weighted by atomic mass is 10.1. The molecular formula is C18H15N3O3. The second-order valence-electron chi connectivity index (χ2n) is 5.34. The Morgan fingerprint density at radius 2 is 2.04 bits per heavy atom. The van der Waals surface area contributed by atoms with Crippen LogP contribution in [0.15, 0.2) is 60.9 Å². The summed E-state index contributed by atoms with van der Waals surface area (Å²) in [6, 6.07) is 11.2. The van der Waals surface area contributed by atoms with Gasteiger partial charge in [0, 0.05) is 35.8 Å². The van der Waals surface area contributed by atoms with Gasteiger partial charge < -0.3 is 14.8 Å². The molecule has 6 nitrogen and oxygen atoms in total. The Hall–Kier alpha value is -3.41. The number of imidazole rings is 1. The molecule has 0 bridgehead atoms. The first-order valence-electron chi connectivity index (χ1n) is 7.29. The molecule has 0 aliphatic heterocycles. The Balaban J connectivity index is 1.86. The van der Waals surface area contributed by atoms with Gasteiger partial charge >= 0.3 is 5.97 Å². The smallest absolute Gasteiger partial charge is 0.328 e. The van der Waals surface area contributed by atoms with Gasteiger partial charge in [-0.25, -0.2) is 9.78 Å². The molecule has 6 heteroatoms. The second-order valence-corrected chi connectivity index (χ2v) is 5.34. The first-order valence-corrected chi connectivity index (χ1v) is 7.29. The number of hydrogen-bond acceptors (Lipinski definition) is 3. The van der Waals surface area contributed by atoms with Gasteiger partial charge in [0.05, 0.1) is 5.69 Å². The van der Waals surface area contributed by atoms with Crippen molar-refractivity contribution in [2.24, 2.45) is 0 Å². The van der Waals surface area contributed by atoms with E-state index in [-0.39, 0.29) is 0 Å². The number of nitrogens with one attached hydrogen (secondary N) is 1. The van der Waals surface area contributed by atoms with Crippen molar-refractivity contribution in [1.29, 1.82) is 0 Å². The molecule has 0 radical (unpaired) electrons. The molecule has 0 aliphatic rings. The van der Waals surface area contributed by atoms with Gasteiger partial charge in [0.15, 0.2) is 0 Å². The van der Waals surface area contributed by atoms with E-state index < -0.39 is 11.9 Å². The maximum atomic E-state index is 11.7. The van der Waals surface area contributed by atoms with Gasteiger partial charge in [-0.3, -0.25) is 4.79 Å². The van der Waals surface area contributed by atoms with E-state index in [0.29, 0.717) is 5.69 Å². The summed E-state index contributed by atoms with van der Waals surface area (Å²) in [5.41, 5.74) is 4.20. The summed E-state index contributed by atoms with van der Waals surface area (Å²) < 4.78 is 1.93. The number of nitrogens with zero attached hydrogens (tertiary/aromatic N) is 2. The summed E-state index contributed by atoms with van der Waals surface area (Å²) in [5.74, 6) is -1.67. The molecule has 3 aromatic rings. The van der Waals surface area contributed by atoms with Gasteiger partial charge in [-0.15, -0.1) is 0 Å². The minimum atomic E-state index is -1.17. The Morgan fingerprint density at radius 1 is 1.21 bits per heavy atom. The van der Waals surface area contributed by atoms with Crippen molar-refractivity contribution in [3.05, 3.63) is 66.5 Å². The Bertz CT molecular complexity index is 957. The molecule has 3 rings (SSSR count). The maximum Gasteiger partial charge on any atom is 0.328 e. The van der Waals surface area contributed by atoms with Crippen LogP contribution in [0.2, 0.25) is 0 Å². The molecular weight excluding hydrogens is 306 g/mol. The molecule has 2 aromatic heterocycles. The van der Waals surface area contributed by atoms with Crippen LogP contribution in [0, 0.1) is 6.92 Å². The average molecular weight is 321 g/mol. The number of aryl methyl sites for hydroxylation is 1. The van der Waals surface area contributed by atoms with Crippen molar-refractivity contribution in [2.75, 3.05) is 5.32 Å². The van der Waals surface area contributed by atoms with Crippen LogP contribution in [0.5, 0.6) is 0 Å². The summed E-state index contributed by atoms with van der Waals surface area (Å²) in [7, 11) is 0. The molecule has 24 heavy (non-hydrogen) atoms. The number of amides is 1. The third kappa shape index (κ3) is 3.49. The van der Waals surface area contributed by atoms with E-state index in [4.69, 9.17) is 5.11 Å². The quantitative estimate of drug-likeness (QED) is 0.724. The Kier molecular flexibility index (Phi) is 4.11. The molecule has 0 fully saturated rings. The highest BCUT2D eigenvalue weighted by atomic mass is 16.4. The number of rotatable bonds is 4. The summed E-state index contributed by atoms with van der Waals surface area (Å²) in [6.45, 7) is 2.01. The first kappa shape index (κ1) is 15.5. The van der Waals surface area contributed by atoms with Gasteiger partial charge in [-0.1, -0.05) is 12.1 Å². The number of aromatic nitrogens is 2. The lowest BCUT2D eigenvalue weighted by molar-refractivity contribution is -0.131. The van der Waals surface area contributed by atoms with Gasteiger partial charge in [-0.05, 0) is 36.8 Å². The molecule has 1 amide bonds. The molecule has 2 N–H and O–H groups in total. The van der Waals surface area contributed by atoms with Gasteiger partial charge in [0.1, 0.15) is 5.65 Å². The lowest BCUT2D eigenvalue weighted by Gasteiger charge is -2.04. The molecule has 120 valence electrons. The minimum Gasteiger partial charge on any atom is -0.478 e. The summed E-state index contributed by atoms with van der Waals surface area (Å²) in [4.78, 5) is 26.7. The van der Waals surface area contributed by atoms with Gasteiger partial charge in [0.25, 0.3) is 0 Å². The first-order chi connectivity index (χ1) is 11.5. The number of carbonyl (C=O) groups is 2. The second kappa shape index (κ2) is 6.37. The zero-order valence-corrected chi connectivity index (χ0v) is 12.9. The Morgan fingerprint density at radius 3 is 2.83 bits per heavy atom. The van der Waals surface area contributed by atoms with Crippen LogP contribution in [0.25, 0.3) is 16.9 Å². The predicted octanol–water partition coefficient (Wildman–Crippen LogP) is 2.89.